The number of hydrogen-bond donors (Lipinski definition) is 0. The van der Waals surface area contributed by atoms with Crippen molar-refractivity contribution in [2.24, 2.45) is 0 Å². The number of para-hydroxylation sites is 3. The molecular weight excluding hydrogens is 767 g/mol. The molecule has 1 unspecified atom stereocenters. The summed E-state index contributed by atoms with van der Waals surface area (Å²) < 4.78 is 4.79. The largest absolute Gasteiger partial charge is 0.309 e. The summed E-state index contributed by atoms with van der Waals surface area (Å²) in [6, 6.07) is 76.6. The first kappa shape index (κ1) is 34.3. The number of hydrogen-bond acceptors (Lipinski definition) is 3. The molecule has 0 radical (unpaired) electrons. The van der Waals surface area contributed by atoms with Crippen molar-refractivity contribution in [1.29, 1.82) is 0 Å². The van der Waals surface area contributed by atoms with Crippen molar-refractivity contribution >= 4 is 43.6 Å². The van der Waals surface area contributed by atoms with E-state index in [4.69, 9.17) is 15.0 Å². The van der Waals surface area contributed by atoms with Crippen molar-refractivity contribution in [3.63, 3.8) is 0 Å². The van der Waals surface area contributed by atoms with Gasteiger partial charge >= 0.3 is 0 Å². The fourth-order valence-electron chi connectivity index (χ4n) is 11.2. The van der Waals surface area contributed by atoms with Crippen molar-refractivity contribution in [1.82, 2.24) is 24.1 Å². The van der Waals surface area contributed by atoms with Gasteiger partial charge in [-0.3, -0.25) is 4.57 Å². The van der Waals surface area contributed by atoms with E-state index in [1.54, 1.807) is 0 Å². The highest BCUT2D eigenvalue weighted by atomic mass is 15.2. The average Bonchev–Trinajstić information content (AvgIpc) is 4.07. The fourth-order valence-corrected chi connectivity index (χ4v) is 11.2. The SMILES string of the molecule is c1ccc(-c2nc(-c3ccccc3)nc(-n3c4ccccc4c4ccc5c(c43)-c3ccccc3C53c4ccccc4-c4c3ccc3c5ccccc5n(-c5ccccc5)c43)n2)cc1. The Hall–Kier alpha value is -8.41. The smallest absolute Gasteiger partial charge is 0.238 e. The predicted molar refractivity (Wildman–Crippen MR) is 256 cm³/mol. The maximum absolute atomic E-state index is 5.35. The number of benzene rings is 9. The first-order valence-electron chi connectivity index (χ1n) is 21.5. The summed E-state index contributed by atoms with van der Waals surface area (Å²) in [5.74, 6) is 1.85. The highest BCUT2D eigenvalue weighted by Crippen LogP contribution is 2.65. The number of nitrogens with zero attached hydrogens (tertiary/aromatic N) is 5. The average molecular weight is 802 g/mol. The minimum absolute atomic E-state index is 0.585. The third-order valence-corrected chi connectivity index (χ3v) is 13.6. The van der Waals surface area contributed by atoms with E-state index in [1.165, 1.54) is 66.3 Å². The summed E-state index contributed by atoms with van der Waals surface area (Å²) in [5.41, 5.74) is 17.1. The van der Waals surface area contributed by atoms with Crippen LogP contribution in [0.25, 0.3) is 100 Å². The van der Waals surface area contributed by atoms with E-state index >= 15 is 0 Å². The lowest BCUT2D eigenvalue weighted by molar-refractivity contribution is 0.794. The maximum atomic E-state index is 5.35. The van der Waals surface area contributed by atoms with Crippen molar-refractivity contribution in [2.45, 2.75) is 5.41 Å². The standard InChI is InChI=1S/C58H35N5/c1-4-18-36(19-5-1)55-59-56(37-20-6-2-7-21-37)61-57(60-55)63-50-31-17-13-25-40(50)42-33-35-48-52(54(42)63)44-27-11-15-29-46(44)58(48)45-28-14-10-26-43(45)51-47(58)34-32-41-39-24-12-16-30-49(39)62(53(41)51)38-22-8-3-9-23-38/h1-35H. The quantitative estimate of drug-likeness (QED) is 0.178. The Balaban J connectivity index is 1.13. The van der Waals surface area contributed by atoms with E-state index in [1.807, 2.05) is 36.4 Å². The van der Waals surface area contributed by atoms with Crippen LogP contribution in [0.5, 0.6) is 0 Å². The summed E-state index contributed by atoms with van der Waals surface area (Å²) >= 11 is 0. The lowest BCUT2D eigenvalue weighted by Gasteiger charge is -2.30. The first-order chi connectivity index (χ1) is 31.3. The molecule has 0 amide bonds. The molecule has 1 atom stereocenters. The van der Waals surface area contributed by atoms with Gasteiger partial charge in [-0.25, -0.2) is 4.98 Å². The molecule has 5 nitrogen and oxygen atoms in total. The summed E-state index contributed by atoms with van der Waals surface area (Å²) in [5, 5.41) is 4.81. The van der Waals surface area contributed by atoms with Gasteiger partial charge in [0, 0.05) is 49.5 Å². The molecule has 0 saturated heterocycles. The van der Waals surface area contributed by atoms with Gasteiger partial charge in [-0.2, -0.15) is 9.97 Å². The molecule has 0 N–H and O–H groups in total. The Morgan fingerprint density at radius 2 is 0.746 bits per heavy atom. The molecule has 5 heteroatoms. The predicted octanol–water partition coefficient (Wildman–Crippen LogP) is 13.7. The molecule has 14 rings (SSSR count). The Kier molecular flexibility index (Phi) is 6.97. The molecule has 292 valence electrons. The summed E-state index contributed by atoms with van der Waals surface area (Å²) in [7, 11) is 0. The second-order valence-electron chi connectivity index (χ2n) is 16.7. The van der Waals surface area contributed by atoms with Crippen LogP contribution in [0.4, 0.5) is 0 Å². The van der Waals surface area contributed by atoms with Crippen LogP contribution in [-0.4, -0.2) is 24.1 Å². The molecule has 0 saturated carbocycles. The zero-order valence-electron chi connectivity index (χ0n) is 33.9. The van der Waals surface area contributed by atoms with E-state index in [9.17, 15) is 0 Å². The zero-order chi connectivity index (χ0) is 41.2. The number of rotatable bonds is 4. The monoisotopic (exact) mass is 801 g/mol. The zero-order valence-corrected chi connectivity index (χ0v) is 33.9. The van der Waals surface area contributed by atoms with E-state index in [0.29, 0.717) is 17.6 Å². The van der Waals surface area contributed by atoms with Crippen LogP contribution in [0.2, 0.25) is 0 Å². The molecule has 1 spiro atoms. The molecule has 63 heavy (non-hydrogen) atoms. The van der Waals surface area contributed by atoms with Gasteiger partial charge in [-0.15, -0.1) is 0 Å². The second-order valence-corrected chi connectivity index (χ2v) is 16.7. The minimum Gasteiger partial charge on any atom is -0.309 e. The Morgan fingerprint density at radius 3 is 1.29 bits per heavy atom. The lowest BCUT2D eigenvalue weighted by Crippen LogP contribution is -2.25. The molecular formula is C58H35N5. The van der Waals surface area contributed by atoms with Gasteiger partial charge in [0.05, 0.1) is 27.5 Å². The second kappa shape index (κ2) is 12.8. The summed E-state index contributed by atoms with van der Waals surface area (Å²) in [6.45, 7) is 0. The molecule has 0 fully saturated rings. The van der Waals surface area contributed by atoms with Crippen LogP contribution >= 0.6 is 0 Å². The summed E-state index contributed by atoms with van der Waals surface area (Å²) in [4.78, 5) is 15.8. The molecule has 0 bridgehead atoms. The minimum atomic E-state index is -0.594. The van der Waals surface area contributed by atoms with Gasteiger partial charge in [0.15, 0.2) is 11.6 Å². The Bertz CT molecular complexity index is 3790. The van der Waals surface area contributed by atoms with Gasteiger partial charge < -0.3 is 4.57 Å². The Labute approximate surface area is 362 Å². The lowest BCUT2D eigenvalue weighted by atomic mass is 9.70. The summed E-state index contributed by atoms with van der Waals surface area (Å²) in [6.07, 6.45) is 0. The van der Waals surface area contributed by atoms with Gasteiger partial charge in [-0.1, -0.05) is 188 Å². The third kappa shape index (κ3) is 4.52. The van der Waals surface area contributed by atoms with E-state index in [2.05, 4.69) is 185 Å². The number of aromatic nitrogens is 5. The van der Waals surface area contributed by atoms with Crippen LogP contribution in [0.1, 0.15) is 22.3 Å². The highest BCUT2D eigenvalue weighted by Gasteiger charge is 2.53. The molecule has 2 aliphatic carbocycles. The van der Waals surface area contributed by atoms with Gasteiger partial charge in [-0.05, 0) is 57.6 Å². The van der Waals surface area contributed by atoms with Gasteiger partial charge in [0.25, 0.3) is 0 Å². The molecule has 0 aliphatic heterocycles. The molecule has 2 aliphatic rings. The maximum Gasteiger partial charge on any atom is 0.238 e. The molecule has 12 aromatic rings. The highest BCUT2D eigenvalue weighted by molar-refractivity contribution is 6.19. The van der Waals surface area contributed by atoms with Crippen LogP contribution in [0.3, 0.4) is 0 Å². The van der Waals surface area contributed by atoms with Crippen molar-refractivity contribution in [3.05, 3.63) is 235 Å². The topological polar surface area (TPSA) is 48.5 Å². The van der Waals surface area contributed by atoms with E-state index in [0.717, 1.165) is 38.6 Å². The molecule has 3 aromatic heterocycles. The Morgan fingerprint density at radius 1 is 0.317 bits per heavy atom. The van der Waals surface area contributed by atoms with Crippen LogP contribution < -0.4 is 0 Å². The molecule has 9 aromatic carbocycles. The van der Waals surface area contributed by atoms with Crippen LogP contribution in [0.15, 0.2) is 212 Å². The van der Waals surface area contributed by atoms with Gasteiger partial charge in [0.1, 0.15) is 0 Å². The van der Waals surface area contributed by atoms with Crippen molar-refractivity contribution in [3.8, 4) is 56.7 Å². The third-order valence-electron chi connectivity index (χ3n) is 13.6. The first-order valence-corrected chi connectivity index (χ1v) is 21.5. The van der Waals surface area contributed by atoms with Gasteiger partial charge in [0.2, 0.25) is 5.95 Å². The van der Waals surface area contributed by atoms with Crippen LogP contribution in [0, 0.1) is 0 Å². The van der Waals surface area contributed by atoms with Crippen LogP contribution in [-0.2, 0) is 5.41 Å². The fraction of sp³-hybridized carbons (Fsp3) is 0.0172. The molecule has 3 heterocycles. The van der Waals surface area contributed by atoms with E-state index in [-0.39, 0.29) is 0 Å². The normalized spacial score (nSPS) is 14.7. The van der Waals surface area contributed by atoms with Crippen molar-refractivity contribution < 1.29 is 0 Å². The van der Waals surface area contributed by atoms with E-state index < -0.39 is 5.41 Å². The number of fused-ring (bicyclic) bond motifs is 18. The van der Waals surface area contributed by atoms with Crippen molar-refractivity contribution in [2.75, 3.05) is 0 Å².